The standard InChI is InChI=1S/C15H23NO2/c1-3-11-16-12-14-7-5-13(6-8-14)9-10-15(17)18-4-2/h5-8,16H,3-4,9-12H2,1-2H3. The molecule has 0 atom stereocenters. The highest BCUT2D eigenvalue weighted by Gasteiger charge is 2.02. The lowest BCUT2D eigenvalue weighted by atomic mass is 10.1. The van der Waals surface area contributed by atoms with Crippen LogP contribution in [-0.2, 0) is 22.5 Å². The first kappa shape index (κ1) is 14.7. The maximum absolute atomic E-state index is 11.2. The Morgan fingerprint density at radius 1 is 1.17 bits per heavy atom. The Labute approximate surface area is 110 Å². The summed E-state index contributed by atoms with van der Waals surface area (Å²) in [5, 5.41) is 3.36. The number of hydrogen-bond acceptors (Lipinski definition) is 3. The smallest absolute Gasteiger partial charge is 0.306 e. The first-order chi connectivity index (χ1) is 8.76. The van der Waals surface area contributed by atoms with E-state index in [1.54, 1.807) is 0 Å². The minimum atomic E-state index is -0.119. The third-order valence-electron chi connectivity index (χ3n) is 2.70. The maximum Gasteiger partial charge on any atom is 0.306 e. The van der Waals surface area contributed by atoms with Crippen LogP contribution in [0.4, 0.5) is 0 Å². The van der Waals surface area contributed by atoms with Gasteiger partial charge in [-0.1, -0.05) is 31.2 Å². The molecule has 0 aromatic heterocycles. The number of carbonyl (C=O) groups excluding carboxylic acids is 1. The molecule has 0 aliphatic rings. The minimum Gasteiger partial charge on any atom is -0.466 e. The van der Waals surface area contributed by atoms with Crippen LogP contribution < -0.4 is 5.32 Å². The maximum atomic E-state index is 11.2. The van der Waals surface area contributed by atoms with Gasteiger partial charge in [-0.25, -0.2) is 0 Å². The molecule has 3 heteroatoms. The van der Waals surface area contributed by atoms with Crippen LogP contribution in [0.3, 0.4) is 0 Å². The monoisotopic (exact) mass is 249 g/mol. The summed E-state index contributed by atoms with van der Waals surface area (Å²) in [5.74, 6) is -0.119. The minimum absolute atomic E-state index is 0.119. The number of ether oxygens (including phenoxy) is 1. The molecule has 0 spiro atoms. The first-order valence-corrected chi connectivity index (χ1v) is 6.70. The number of benzene rings is 1. The van der Waals surface area contributed by atoms with Gasteiger partial charge in [-0.2, -0.15) is 0 Å². The molecule has 3 nitrogen and oxygen atoms in total. The summed E-state index contributed by atoms with van der Waals surface area (Å²) in [6, 6.07) is 8.40. The molecule has 0 bridgehead atoms. The fourth-order valence-electron chi connectivity index (χ4n) is 1.71. The van der Waals surface area contributed by atoms with E-state index in [-0.39, 0.29) is 5.97 Å². The van der Waals surface area contributed by atoms with Crippen molar-refractivity contribution >= 4 is 5.97 Å². The Morgan fingerprint density at radius 3 is 2.44 bits per heavy atom. The molecule has 0 heterocycles. The zero-order valence-corrected chi connectivity index (χ0v) is 11.4. The van der Waals surface area contributed by atoms with E-state index in [0.29, 0.717) is 13.0 Å². The average Bonchev–Trinajstić information content (AvgIpc) is 2.38. The quantitative estimate of drug-likeness (QED) is 0.568. The SMILES string of the molecule is CCCNCc1ccc(CCC(=O)OCC)cc1. The predicted molar refractivity (Wildman–Crippen MR) is 73.4 cm³/mol. The summed E-state index contributed by atoms with van der Waals surface area (Å²) in [6.07, 6.45) is 2.36. The van der Waals surface area contributed by atoms with Gasteiger partial charge in [0.2, 0.25) is 0 Å². The highest BCUT2D eigenvalue weighted by Crippen LogP contribution is 2.07. The average molecular weight is 249 g/mol. The number of carbonyl (C=O) groups is 1. The molecule has 0 aliphatic heterocycles. The van der Waals surface area contributed by atoms with Gasteiger partial charge in [0.1, 0.15) is 0 Å². The van der Waals surface area contributed by atoms with Gasteiger partial charge in [0.05, 0.1) is 6.61 Å². The Kier molecular flexibility index (Phi) is 7.11. The lowest BCUT2D eigenvalue weighted by Crippen LogP contribution is -2.13. The van der Waals surface area contributed by atoms with Crippen molar-refractivity contribution in [1.82, 2.24) is 5.32 Å². The second-order valence-corrected chi connectivity index (χ2v) is 4.30. The Bertz CT molecular complexity index is 346. The Hall–Kier alpha value is -1.35. The number of nitrogens with one attached hydrogen (secondary N) is 1. The Balaban J connectivity index is 2.33. The zero-order valence-electron chi connectivity index (χ0n) is 11.4. The van der Waals surface area contributed by atoms with E-state index < -0.39 is 0 Å². The van der Waals surface area contributed by atoms with E-state index in [0.717, 1.165) is 25.9 Å². The highest BCUT2D eigenvalue weighted by molar-refractivity contribution is 5.69. The lowest BCUT2D eigenvalue weighted by molar-refractivity contribution is -0.143. The third kappa shape index (κ3) is 5.82. The third-order valence-corrected chi connectivity index (χ3v) is 2.70. The molecule has 0 unspecified atom stereocenters. The molecule has 0 amide bonds. The molecule has 100 valence electrons. The number of hydrogen-bond donors (Lipinski definition) is 1. The molecule has 1 N–H and O–H groups in total. The zero-order chi connectivity index (χ0) is 13.2. The van der Waals surface area contributed by atoms with Crippen molar-refractivity contribution in [2.24, 2.45) is 0 Å². The fourth-order valence-corrected chi connectivity index (χ4v) is 1.71. The molecular formula is C15H23NO2. The van der Waals surface area contributed by atoms with Crippen LogP contribution in [0.25, 0.3) is 0 Å². The number of rotatable bonds is 8. The second-order valence-electron chi connectivity index (χ2n) is 4.30. The van der Waals surface area contributed by atoms with E-state index in [4.69, 9.17) is 4.74 Å². The van der Waals surface area contributed by atoms with Crippen LogP contribution in [0.5, 0.6) is 0 Å². The molecule has 1 aromatic carbocycles. The normalized spacial score (nSPS) is 10.3. The molecule has 0 fully saturated rings. The summed E-state index contributed by atoms with van der Waals surface area (Å²) < 4.78 is 4.90. The largest absolute Gasteiger partial charge is 0.466 e. The van der Waals surface area contributed by atoms with E-state index in [1.165, 1.54) is 11.1 Å². The molecular weight excluding hydrogens is 226 g/mol. The molecule has 0 aliphatic carbocycles. The van der Waals surface area contributed by atoms with Gasteiger partial charge in [0.15, 0.2) is 0 Å². The van der Waals surface area contributed by atoms with E-state index >= 15 is 0 Å². The van der Waals surface area contributed by atoms with Gasteiger partial charge in [0, 0.05) is 13.0 Å². The first-order valence-electron chi connectivity index (χ1n) is 6.70. The van der Waals surface area contributed by atoms with Gasteiger partial charge in [-0.3, -0.25) is 4.79 Å². The van der Waals surface area contributed by atoms with Crippen LogP contribution in [0.15, 0.2) is 24.3 Å². The van der Waals surface area contributed by atoms with Crippen molar-refractivity contribution in [3.8, 4) is 0 Å². The highest BCUT2D eigenvalue weighted by atomic mass is 16.5. The van der Waals surface area contributed by atoms with Crippen molar-refractivity contribution in [2.45, 2.75) is 39.7 Å². The van der Waals surface area contributed by atoms with Crippen molar-refractivity contribution in [3.05, 3.63) is 35.4 Å². The van der Waals surface area contributed by atoms with Crippen LogP contribution >= 0.6 is 0 Å². The van der Waals surface area contributed by atoms with Gasteiger partial charge in [-0.15, -0.1) is 0 Å². The van der Waals surface area contributed by atoms with Crippen molar-refractivity contribution in [1.29, 1.82) is 0 Å². The molecule has 0 saturated carbocycles. The molecule has 18 heavy (non-hydrogen) atoms. The van der Waals surface area contributed by atoms with E-state index in [2.05, 4.69) is 36.5 Å². The van der Waals surface area contributed by atoms with Crippen LogP contribution in [0, 0.1) is 0 Å². The molecule has 1 aromatic rings. The van der Waals surface area contributed by atoms with Gasteiger partial charge < -0.3 is 10.1 Å². The summed E-state index contributed by atoms with van der Waals surface area (Å²) in [5.41, 5.74) is 2.46. The van der Waals surface area contributed by atoms with Crippen LogP contribution in [0.1, 0.15) is 37.8 Å². The van der Waals surface area contributed by atoms with Crippen LogP contribution in [-0.4, -0.2) is 19.1 Å². The van der Waals surface area contributed by atoms with E-state index in [9.17, 15) is 4.79 Å². The molecule has 0 radical (unpaired) electrons. The van der Waals surface area contributed by atoms with Gasteiger partial charge >= 0.3 is 5.97 Å². The summed E-state index contributed by atoms with van der Waals surface area (Å²) in [6.45, 7) is 6.40. The predicted octanol–water partition coefficient (Wildman–Crippen LogP) is 2.68. The van der Waals surface area contributed by atoms with Crippen molar-refractivity contribution in [3.63, 3.8) is 0 Å². The van der Waals surface area contributed by atoms with Gasteiger partial charge in [0.25, 0.3) is 0 Å². The topological polar surface area (TPSA) is 38.3 Å². The summed E-state index contributed by atoms with van der Waals surface area (Å²) >= 11 is 0. The summed E-state index contributed by atoms with van der Waals surface area (Å²) in [4.78, 5) is 11.2. The fraction of sp³-hybridized carbons (Fsp3) is 0.533. The Morgan fingerprint density at radius 2 is 1.83 bits per heavy atom. The van der Waals surface area contributed by atoms with Crippen molar-refractivity contribution in [2.75, 3.05) is 13.2 Å². The summed E-state index contributed by atoms with van der Waals surface area (Å²) in [7, 11) is 0. The van der Waals surface area contributed by atoms with E-state index in [1.807, 2.05) is 6.92 Å². The number of esters is 1. The molecule has 0 saturated heterocycles. The van der Waals surface area contributed by atoms with Gasteiger partial charge in [-0.05, 0) is 37.4 Å². The lowest BCUT2D eigenvalue weighted by Gasteiger charge is -2.05. The molecule has 1 rings (SSSR count). The van der Waals surface area contributed by atoms with Crippen LogP contribution in [0.2, 0.25) is 0 Å². The number of aryl methyl sites for hydroxylation is 1. The second kappa shape index (κ2) is 8.70. The van der Waals surface area contributed by atoms with Crippen molar-refractivity contribution < 1.29 is 9.53 Å².